The van der Waals surface area contributed by atoms with Crippen molar-refractivity contribution >= 4 is 38.1 Å². The van der Waals surface area contributed by atoms with Crippen LogP contribution in [0.2, 0.25) is 0 Å². The first-order valence-electron chi connectivity index (χ1n) is 7.18. The Morgan fingerprint density at radius 2 is 1.96 bits per heavy atom. The van der Waals surface area contributed by atoms with Crippen molar-refractivity contribution in [3.63, 3.8) is 0 Å². The molecule has 2 aromatic rings. The Hall–Kier alpha value is -2.00. The van der Waals surface area contributed by atoms with Crippen LogP contribution >= 0.6 is 11.3 Å². The number of rotatable bonds is 7. The van der Waals surface area contributed by atoms with Crippen LogP contribution in [-0.2, 0) is 16.4 Å². The number of carbonyl (C=O) groups is 1. The second kappa shape index (κ2) is 7.51. The number of anilines is 2. The molecule has 0 atom stereocenters. The van der Waals surface area contributed by atoms with Crippen LogP contribution in [0, 0.1) is 0 Å². The third-order valence-corrected chi connectivity index (χ3v) is 5.16. The number of sulfonamides is 1. The standard InChI is InChI=1S/C14H18N4O3S2/c1-3-7-12-16-17-14(22-12)15-13(19)10-8-5-6-9-11(10)18-23(20,21)4-2/h5-6,8-9,18H,3-4,7H2,1-2H3,(H,15,17,19). The van der Waals surface area contributed by atoms with E-state index in [-0.39, 0.29) is 17.0 Å². The van der Waals surface area contributed by atoms with Crippen molar-refractivity contribution in [1.82, 2.24) is 10.2 Å². The normalized spacial score (nSPS) is 11.2. The van der Waals surface area contributed by atoms with Crippen molar-refractivity contribution in [3.05, 3.63) is 34.8 Å². The lowest BCUT2D eigenvalue weighted by Crippen LogP contribution is -2.19. The molecule has 0 fully saturated rings. The first kappa shape index (κ1) is 17.4. The summed E-state index contributed by atoms with van der Waals surface area (Å²) in [7, 11) is -3.46. The lowest BCUT2D eigenvalue weighted by atomic mass is 10.2. The van der Waals surface area contributed by atoms with Crippen molar-refractivity contribution < 1.29 is 13.2 Å². The van der Waals surface area contributed by atoms with Gasteiger partial charge in [0.2, 0.25) is 15.2 Å². The van der Waals surface area contributed by atoms with Crippen molar-refractivity contribution in [1.29, 1.82) is 0 Å². The number of para-hydroxylation sites is 1. The van der Waals surface area contributed by atoms with E-state index in [1.807, 2.05) is 6.92 Å². The van der Waals surface area contributed by atoms with E-state index in [2.05, 4.69) is 20.2 Å². The van der Waals surface area contributed by atoms with E-state index in [0.29, 0.717) is 5.13 Å². The Morgan fingerprint density at radius 3 is 2.65 bits per heavy atom. The molecule has 0 radical (unpaired) electrons. The van der Waals surface area contributed by atoms with Crippen LogP contribution in [0.4, 0.5) is 10.8 Å². The number of nitrogens with zero attached hydrogens (tertiary/aromatic N) is 2. The molecule has 0 aliphatic rings. The van der Waals surface area contributed by atoms with Crippen LogP contribution in [0.15, 0.2) is 24.3 Å². The molecule has 0 aliphatic carbocycles. The molecule has 2 rings (SSSR count). The van der Waals surface area contributed by atoms with Gasteiger partial charge < -0.3 is 0 Å². The molecular formula is C14H18N4O3S2. The molecule has 0 saturated carbocycles. The molecule has 7 nitrogen and oxygen atoms in total. The highest BCUT2D eigenvalue weighted by Gasteiger charge is 2.16. The van der Waals surface area contributed by atoms with Gasteiger partial charge in [0.15, 0.2) is 0 Å². The predicted molar refractivity (Wildman–Crippen MR) is 91.4 cm³/mol. The largest absolute Gasteiger partial charge is 0.296 e. The van der Waals surface area contributed by atoms with Gasteiger partial charge in [0.1, 0.15) is 5.01 Å². The summed E-state index contributed by atoms with van der Waals surface area (Å²) < 4.78 is 25.8. The number of aryl methyl sites for hydroxylation is 1. The molecule has 124 valence electrons. The number of carbonyl (C=O) groups excluding carboxylic acids is 1. The van der Waals surface area contributed by atoms with Gasteiger partial charge >= 0.3 is 0 Å². The van der Waals surface area contributed by atoms with Gasteiger partial charge in [0.05, 0.1) is 17.0 Å². The number of benzene rings is 1. The highest BCUT2D eigenvalue weighted by atomic mass is 32.2. The minimum absolute atomic E-state index is 0.0697. The van der Waals surface area contributed by atoms with Crippen LogP contribution in [0.5, 0.6) is 0 Å². The summed E-state index contributed by atoms with van der Waals surface area (Å²) in [6, 6.07) is 6.43. The Morgan fingerprint density at radius 1 is 1.22 bits per heavy atom. The van der Waals surface area contributed by atoms with Gasteiger partial charge in [-0.1, -0.05) is 30.4 Å². The monoisotopic (exact) mass is 354 g/mol. The van der Waals surface area contributed by atoms with Crippen molar-refractivity contribution in [2.45, 2.75) is 26.7 Å². The fourth-order valence-corrected chi connectivity index (χ4v) is 3.29. The Kier molecular flexibility index (Phi) is 5.67. The second-order valence-corrected chi connectivity index (χ2v) is 7.83. The topological polar surface area (TPSA) is 101 Å². The fourth-order valence-electron chi connectivity index (χ4n) is 1.79. The quantitative estimate of drug-likeness (QED) is 0.795. The van der Waals surface area contributed by atoms with Crippen molar-refractivity contribution in [2.24, 2.45) is 0 Å². The molecule has 0 aliphatic heterocycles. The third-order valence-electron chi connectivity index (χ3n) is 2.97. The summed E-state index contributed by atoms with van der Waals surface area (Å²) >= 11 is 1.31. The summed E-state index contributed by atoms with van der Waals surface area (Å²) in [5.74, 6) is -0.502. The minimum Gasteiger partial charge on any atom is -0.296 e. The predicted octanol–water partition coefficient (Wildman–Crippen LogP) is 2.50. The SMILES string of the molecule is CCCc1nnc(NC(=O)c2ccccc2NS(=O)(=O)CC)s1. The first-order chi connectivity index (χ1) is 10.9. The van der Waals surface area contributed by atoms with Gasteiger partial charge in [0.25, 0.3) is 5.91 Å². The summed E-state index contributed by atoms with van der Waals surface area (Å²) in [5, 5.41) is 11.8. The molecule has 1 amide bonds. The maximum Gasteiger partial charge on any atom is 0.259 e. The average molecular weight is 354 g/mol. The molecule has 9 heteroatoms. The number of hydrogen-bond donors (Lipinski definition) is 2. The molecule has 23 heavy (non-hydrogen) atoms. The minimum atomic E-state index is -3.46. The summed E-state index contributed by atoms with van der Waals surface area (Å²) in [6.45, 7) is 3.57. The van der Waals surface area contributed by atoms with Crippen LogP contribution in [0.3, 0.4) is 0 Å². The van der Waals surface area contributed by atoms with E-state index in [0.717, 1.165) is 17.8 Å². The van der Waals surface area contributed by atoms with E-state index in [1.54, 1.807) is 24.3 Å². The van der Waals surface area contributed by atoms with Crippen molar-refractivity contribution in [2.75, 3.05) is 15.8 Å². The van der Waals surface area contributed by atoms with Crippen LogP contribution in [0.25, 0.3) is 0 Å². The van der Waals surface area contributed by atoms with Gasteiger partial charge in [-0.25, -0.2) is 8.42 Å². The van der Waals surface area contributed by atoms with Gasteiger partial charge in [0, 0.05) is 6.42 Å². The Bertz CT molecular complexity index is 787. The Labute approximate surface area is 139 Å². The molecule has 0 spiro atoms. The number of nitrogens with one attached hydrogen (secondary N) is 2. The van der Waals surface area contributed by atoms with E-state index < -0.39 is 15.9 Å². The molecular weight excluding hydrogens is 336 g/mol. The van der Waals surface area contributed by atoms with Gasteiger partial charge in [-0.05, 0) is 25.5 Å². The average Bonchev–Trinajstić information content (AvgIpc) is 2.95. The first-order valence-corrected chi connectivity index (χ1v) is 9.65. The summed E-state index contributed by atoms with van der Waals surface area (Å²) in [5.41, 5.74) is 0.474. The van der Waals surface area contributed by atoms with Gasteiger partial charge in [-0.2, -0.15) is 0 Å². The van der Waals surface area contributed by atoms with Gasteiger partial charge in [-0.3, -0.25) is 14.8 Å². The lowest BCUT2D eigenvalue weighted by molar-refractivity contribution is 0.102. The zero-order chi connectivity index (χ0) is 16.9. The molecule has 2 N–H and O–H groups in total. The van der Waals surface area contributed by atoms with Crippen LogP contribution in [0.1, 0.15) is 35.6 Å². The molecule has 0 saturated heterocycles. The molecule has 0 unspecified atom stereocenters. The lowest BCUT2D eigenvalue weighted by Gasteiger charge is -2.10. The summed E-state index contributed by atoms with van der Waals surface area (Å²) in [4.78, 5) is 12.4. The maximum atomic E-state index is 12.4. The third kappa shape index (κ3) is 4.73. The van der Waals surface area contributed by atoms with Crippen LogP contribution in [-0.4, -0.2) is 30.3 Å². The maximum absolute atomic E-state index is 12.4. The highest BCUT2D eigenvalue weighted by molar-refractivity contribution is 7.92. The van der Waals surface area contributed by atoms with Gasteiger partial charge in [-0.15, -0.1) is 10.2 Å². The number of aromatic nitrogens is 2. The zero-order valence-electron chi connectivity index (χ0n) is 12.9. The van der Waals surface area contributed by atoms with E-state index >= 15 is 0 Å². The smallest absolute Gasteiger partial charge is 0.259 e. The molecule has 1 heterocycles. The van der Waals surface area contributed by atoms with Crippen molar-refractivity contribution in [3.8, 4) is 0 Å². The second-order valence-electron chi connectivity index (χ2n) is 4.76. The van der Waals surface area contributed by atoms with Crippen LogP contribution < -0.4 is 10.0 Å². The highest BCUT2D eigenvalue weighted by Crippen LogP contribution is 2.21. The number of amides is 1. The fraction of sp³-hybridized carbons (Fsp3) is 0.357. The molecule has 0 bridgehead atoms. The molecule has 1 aromatic heterocycles. The molecule has 1 aromatic carbocycles. The number of hydrogen-bond acceptors (Lipinski definition) is 6. The van der Waals surface area contributed by atoms with E-state index in [4.69, 9.17) is 0 Å². The zero-order valence-corrected chi connectivity index (χ0v) is 14.5. The summed E-state index contributed by atoms with van der Waals surface area (Å²) in [6.07, 6.45) is 1.75. The van der Waals surface area contributed by atoms with E-state index in [1.165, 1.54) is 18.3 Å². The van der Waals surface area contributed by atoms with E-state index in [9.17, 15) is 13.2 Å². The Balaban J connectivity index is 2.18.